The van der Waals surface area contributed by atoms with Crippen molar-refractivity contribution >= 4 is 23.6 Å². The van der Waals surface area contributed by atoms with Crippen molar-refractivity contribution in [3.63, 3.8) is 0 Å². The Bertz CT molecular complexity index is 555. The molecule has 5 nitrogen and oxygen atoms in total. The molecule has 1 aliphatic heterocycles. The van der Waals surface area contributed by atoms with Crippen molar-refractivity contribution in [3.8, 4) is 0 Å². The van der Waals surface area contributed by atoms with Gasteiger partial charge in [0.1, 0.15) is 0 Å². The molecular formula is C17H26N3O2S+. The van der Waals surface area contributed by atoms with Crippen LogP contribution in [0.15, 0.2) is 29.2 Å². The summed E-state index contributed by atoms with van der Waals surface area (Å²) in [5, 5.41) is 2.87. The second kappa shape index (κ2) is 8.36. The van der Waals surface area contributed by atoms with Crippen LogP contribution >= 0.6 is 11.8 Å². The van der Waals surface area contributed by atoms with E-state index in [-0.39, 0.29) is 17.9 Å². The van der Waals surface area contributed by atoms with E-state index in [1.54, 1.807) is 0 Å². The molecule has 1 heterocycles. The Labute approximate surface area is 142 Å². The standard InChI is InChI=1S/C17H25N3O2S/c1-13(2)18-16(21)12-23-15-7-5-4-6-14(15)17(22)20-10-8-19(3)9-11-20/h4-7,13H,8-12H2,1-3H3,(H,18,21)/p+1. The molecule has 0 radical (unpaired) electrons. The van der Waals surface area contributed by atoms with Gasteiger partial charge in [-0.15, -0.1) is 11.8 Å². The van der Waals surface area contributed by atoms with Gasteiger partial charge in [-0.2, -0.15) is 0 Å². The second-order valence-corrected chi connectivity index (χ2v) is 7.27. The van der Waals surface area contributed by atoms with Crippen LogP contribution in [-0.2, 0) is 4.79 Å². The molecule has 1 fully saturated rings. The first-order valence-electron chi connectivity index (χ1n) is 8.09. The maximum absolute atomic E-state index is 12.8. The Kier molecular flexibility index (Phi) is 6.47. The summed E-state index contributed by atoms with van der Waals surface area (Å²) in [6.07, 6.45) is 0. The molecule has 23 heavy (non-hydrogen) atoms. The average molecular weight is 336 g/mol. The third-order valence-corrected chi connectivity index (χ3v) is 4.90. The van der Waals surface area contributed by atoms with Gasteiger partial charge in [0.15, 0.2) is 0 Å². The van der Waals surface area contributed by atoms with Gasteiger partial charge in [-0.1, -0.05) is 12.1 Å². The summed E-state index contributed by atoms with van der Waals surface area (Å²) in [5.74, 6) is 0.398. The van der Waals surface area contributed by atoms with Gasteiger partial charge in [0, 0.05) is 10.9 Å². The van der Waals surface area contributed by atoms with Gasteiger partial charge in [0.25, 0.3) is 5.91 Å². The number of nitrogens with zero attached hydrogens (tertiary/aromatic N) is 1. The fourth-order valence-electron chi connectivity index (χ4n) is 2.54. The highest BCUT2D eigenvalue weighted by atomic mass is 32.2. The fourth-order valence-corrected chi connectivity index (χ4v) is 3.39. The predicted octanol–water partition coefficient (Wildman–Crippen LogP) is 0.274. The zero-order valence-corrected chi connectivity index (χ0v) is 14.9. The molecular weight excluding hydrogens is 310 g/mol. The summed E-state index contributed by atoms with van der Waals surface area (Å²) >= 11 is 1.43. The molecule has 1 saturated heterocycles. The van der Waals surface area contributed by atoms with Crippen molar-refractivity contribution in [2.75, 3.05) is 39.0 Å². The number of hydrogen-bond donors (Lipinski definition) is 2. The van der Waals surface area contributed by atoms with E-state index in [1.807, 2.05) is 43.0 Å². The summed E-state index contributed by atoms with van der Waals surface area (Å²) < 4.78 is 0. The molecule has 0 unspecified atom stereocenters. The average Bonchev–Trinajstić information content (AvgIpc) is 2.52. The number of carbonyl (C=O) groups excluding carboxylic acids is 2. The van der Waals surface area contributed by atoms with Crippen LogP contribution in [0.2, 0.25) is 0 Å². The van der Waals surface area contributed by atoms with Gasteiger partial charge in [-0.3, -0.25) is 9.59 Å². The highest BCUT2D eigenvalue weighted by molar-refractivity contribution is 8.00. The number of piperazine rings is 1. The molecule has 6 heteroatoms. The lowest BCUT2D eigenvalue weighted by molar-refractivity contribution is -0.883. The number of quaternary nitrogens is 1. The Morgan fingerprint density at radius 2 is 1.91 bits per heavy atom. The molecule has 2 rings (SSSR count). The highest BCUT2D eigenvalue weighted by Gasteiger charge is 2.24. The van der Waals surface area contributed by atoms with E-state index in [2.05, 4.69) is 12.4 Å². The molecule has 2 N–H and O–H groups in total. The van der Waals surface area contributed by atoms with E-state index in [0.29, 0.717) is 11.3 Å². The number of amides is 2. The minimum Gasteiger partial charge on any atom is -0.353 e. The summed E-state index contributed by atoms with van der Waals surface area (Å²) in [7, 11) is 2.15. The van der Waals surface area contributed by atoms with Crippen molar-refractivity contribution in [1.29, 1.82) is 0 Å². The Morgan fingerprint density at radius 3 is 2.57 bits per heavy atom. The third kappa shape index (κ3) is 5.25. The highest BCUT2D eigenvalue weighted by Crippen LogP contribution is 2.23. The number of thioether (sulfide) groups is 1. The summed E-state index contributed by atoms with van der Waals surface area (Å²) in [4.78, 5) is 28.8. The van der Waals surface area contributed by atoms with Crippen LogP contribution in [0.25, 0.3) is 0 Å². The molecule has 2 amide bonds. The molecule has 1 aromatic rings. The molecule has 0 aliphatic carbocycles. The zero-order valence-electron chi connectivity index (χ0n) is 14.1. The molecule has 0 saturated carbocycles. The Hall–Kier alpha value is -1.53. The topological polar surface area (TPSA) is 53.9 Å². The number of hydrogen-bond acceptors (Lipinski definition) is 3. The van der Waals surface area contributed by atoms with E-state index in [0.717, 1.165) is 31.1 Å². The van der Waals surface area contributed by atoms with E-state index >= 15 is 0 Å². The zero-order chi connectivity index (χ0) is 16.8. The van der Waals surface area contributed by atoms with Gasteiger partial charge < -0.3 is 15.1 Å². The summed E-state index contributed by atoms with van der Waals surface area (Å²) in [6.45, 7) is 7.43. The van der Waals surface area contributed by atoms with Crippen LogP contribution in [0.5, 0.6) is 0 Å². The lowest BCUT2D eigenvalue weighted by Gasteiger charge is -2.30. The predicted molar refractivity (Wildman–Crippen MR) is 93.0 cm³/mol. The first-order valence-corrected chi connectivity index (χ1v) is 9.07. The van der Waals surface area contributed by atoms with Gasteiger partial charge >= 0.3 is 0 Å². The largest absolute Gasteiger partial charge is 0.353 e. The van der Waals surface area contributed by atoms with E-state index in [1.165, 1.54) is 16.7 Å². The van der Waals surface area contributed by atoms with Crippen molar-refractivity contribution in [2.24, 2.45) is 0 Å². The third-order valence-electron chi connectivity index (χ3n) is 3.83. The Morgan fingerprint density at radius 1 is 1.26 bits per heavy atom. The molecule has 126 valence electrons. The quantitative estimate of drug-likeness (QED) is 0.759. The van der Waals surface area contributed by atoms with Crippen LogP contribution < -0.4 is 10.2 Å². The lowest BCUT2D eigenvalue weighted by Crippen LogP contribution is -3.12. The first-order chi connectivity index (χ1) is 11.0. The number of likely N-dealkylation sites (N-methyl/N-ethyl adjacent to an activating group) is 1. The van der Waals surface area contributed by atoms with Crippen LogP contribution in [0.4, 0.5) is 0 Å². The van der Waals surface area contributed by atoms with Gasteiger partial charge in [-0.05, 0) is 26.0 Å². The maximum atomic E-state index is 12.8. The normalized spacial score (nSPS) is 15.7. The molecule has 1 aromatic carbocycles. The summed E-state index contributed by atoms with van der Waals surface area (Å²) in [6, 6.07) is 7.70. The smallest absolute Gasteiger partial charge is 0.255 e. The van der Waals surface area contributed by atoms with Gasteiger partial charge in [0.05, 0.1) is 44.5 Å². The van der Waals surface area contributed by atoms with Crippen molar-refractivity contribution < 1.29 is 14.5 Å². The van der Waals surface area contributed by atoms with Gasteiger partial charge in [-0.25, -0.2) is 0 Å². The van der Waals surface area contributed by atoms with Crippen molar-refractivity contribution in [3.05, 3.63) is 29.8 Å². The molecule has 0 spiro atoms. The second-order valence-electron chi connectivity index (χ2n) is 6.26. The SMILES string of the molecule is CC(C)NC(=O)CSc1ccccc1C(=O)N1CC[NH+](C)CC1. The van der Waals surface area contributed by atoms with Crippen LogP contribution in [0.3, 0.4) is 0 Å². The van der Waals surface area contributed by atoms with Crippen LogP contribution in [0, 0.1) is 0 Å². The molecule has 0 atom stereocenters. The molecule has 1 aliphatic rings. The van der Waals surface area contributed by atoms with E-state index in [4.69, 9.17) is 0 Å². The number of rotatable bonds is 5. The minimum absolute atomic E-state index is 0.00421. The van der Waals surface area contributed by atoms with Crippen LogP contribution in [-0.4, -0.2) is 61.7 Å². The fraction of sp³-hybridized carbons (Fsp3) is 0.529. The van der Waals surface area contributed by atoms with Crippen LogP contribution in [0.1, 0.15) is 24.2 Å². The minimum atomic E-state index is -0.00421. The number of carbonyl (C=O) groups is 2. The number of nitrogens with one attached hydrogen (secondary N) is 2. The van der Waals surface area contributed by atoms with E-state index in [9.17, 15) is 9.59 Å². The van der Waals surface area contributed by atoms with Crippen molar-refractivity contribution in [1.82, 2.24) is 10.2 Å². The Balaban J connectivity index is 2.02. The maximum Gasteiger partial charge on any atom is 0.255 e. The lowest BCUT2D eigenvalue weighted by atomic mass is 10.2. The van der Waals surface area contributed by atoms with Crippen molar-refractivity contribution in [2.45, 2.75) is 24.8 Å². The first kappa shape index (κ1) is 17.8. The van der Waals surface area contributed by atoms with Gasteiger partial charge in [0.2, 0.25) is 5.91 Å². The number of benzene rings is 1. The summed E-state index contributed by atoms with van der Waals surface area (Å²) in [5.41, 5.74) is 0.703. The molecule has 0 bridgehead atoms. The van der Waals surface area contributed by atoms with E-state index < -0.39 is 0 Å². The molecule has 0 aromatic heterocycles. The monoisotopic (exact) mass is 336 g/mol.